The molecule has 0 N–H and O–H groups in total. The van der Waals surface area contributed by atoms with Crippen LogP contribution < -0.4 is 0 Å². The molecule has 1 aromatic heterocycles. The van der Waals surface area contributed by atoms with Gasteiger partial charge in [-0.15, -0.1) is 0 Å². The van der Waals surface area contributed by atoms with Crippen molar-refractivity contribution in [3.05, 3.63) is 46.8 Å². The van der Waals surface area contributed by atoms with Crippen LogP contribution in [-0.2, 0) is 27.9 Å². The van der Waals surface area contributed by atoms with Gasteiger partial charge in [0.15, 0.2) is 0 Å². The number of amides is 1. The van der Waals surface area contributed by atoms with Crippen molar-refractivity contribution in [1.82, 2.24) is 19.0 Å². The van der Waals surface area contributed by atoms with Gasteiger partial charge < -0.3 is 4.90 Å². The van der Waals surface area contributed by atoms with Crippen molar-refractivity contribution in [1.29, 1.82) is 0 Å². The standard InChI is InChI=1S/C21H30N4O3S/c1-16-10-6-7-11-19(16)14-23(4)20(26)15-25-18(3)21(17(2)22-25)29(27,28)24-12-8-5-9-13-24/h6-7,10-11H,5,8-9,12-15H2,1-4H3. The predicted molar refractivity (Wildman–Crippen MR) is 112 cm³/mol. The number of likely N-dealkylation sites (N-methyl/N-ethyl adjacent to an activating group) is 1. The molecule has 0 bridgehead atoms. The average Bonchev–Trinajstić information content (AvgIpc) is 2.98. The first-order valence-electron chi connectivity index (χ1n) is 10.0. The Hall–Kier alpha value is -2.19. The average molecular weight is 419 g/mol. The van der Waals surface area contributed by atoms with Gasteiger partial charge in [0.1, 0.15) is 11.4 Å². The number of aryl methyl sites for hydroxylation is 2. The van der Waals surface area contributed by atoms with E-state index < -0.39 is 10.0 Å². The Morgan fingerprint density at radius 2 is 1.76 bits per heavy atom. The lowest BCUT2D eigenvalue weighted by Crippen LogP contribution is -2.36. The van der Waals surface area contributed by atoms with Crippen LogP contribution in [0.15, 0.2) is 29.2 Å². The minimum absolute atomic E-state index is 0.0184. The maximum atomic E-state index is 13.1. The molecule has 7 nitrogen and oxygen atoms in total. The van der Waals surface area contributed by atoms with Crippen LogP contribution in [0.2, 0.25) is 0 Å². The summed E-state index contributed by atoms with van der Waals surface area (Å²) in [5, 5.41) is 4.38. The first-order valence-corrected chi connectivity index (χ1v) is 11.5. The van der Waals surface area contributed by atoms with Crippen LogP contribution in [0.5, 0.6) is 0 Å². The summed E-state index contributed by atoms with van der Waals surface area (Å²) in [4.78, 5) is 14.7. The molecule has 3 rings (SSSR count). The molecule has 0 saturated carbocycles. The lowest BCUT2D eigenvalue weighted by molar-refractivity contribution is -0.131. The van der Waals surface area contributed by atoms with Gasteiger partial charge in [-0.2, -0.15) is 9.40 Å². The number of benzene rings is 1. The number of piperidine rings is 1. The quantitative estimate of drug-likeness (QED) is 0.723. The van der Waals surface area contributed by atoms with Gasteiger partial charge in [0.05, 0.1) is 11.4 Å². The van der Waals surface area contributed by atoms with E-state index in [1.54, 1.807) is 30.1 Å². The maximum Gasteiger partial charge on any atom is 0.246 e. The van der Waals surface area contributed by atoms with Crippen molar-refractivity contribution >= 4 is 15.9 Å². The Morgan fingerprint density at radius 3 is 2.41 bits per heavy atom. The molecule has 0 atom stereocenters. The van der Waals surface area contributed by atoms with Crippen molar-refractivity contribution in [3.8, 4) is 0 Å². The Bertz CT molecular complexity index is 991. The van der Waals surface area contributed by atoms with Crippen LogP contribution in [0.1, 0.15) is 41.8 Å². The largest absolute Gasteiger partial charge is 0.340 e. The zero-order valence-electron chi connectivity index (χ0n) is 17.7. The molecule has 2 heterocycles. The third kappa shape index (κ3) is 4.53. The van der Waals surface area contributed by atoms with E-state index in [1.165, 1.54) is 4.68 Å². The van der Waals surface area contributed by atoms with Crippen molar-refractivity contribution in [2.75, 3.05) is 20.1 Å². The molecule has 158 valence electrons. The van der Waals surface area contributed by atoms with E-state index in [4.69, 9.17) is 0 Å². The molecule has 0 spiro atoms. The fourth-order valence-electron chi connectivity index (χ4n) is 3.82. The molecule has 29 heavy (non-hydrogen) atoms. The number of carbonyl (C=O) groups is 1. The summed E-state index contributed by atoms with van der Waals surface area (Å²) < 4.78 is 29.3. The normalized spacial score (nSPS) is 15.4. The summed E-state index contributed by atoms with van der Waals surface area (Å²) in [6.45, 7) is 7.06. The zero-order chi connectivity index (χ0) is 21.2. The highest BCUT2D eigenvalue weighted by Crippen LogP contribution is 2.26. The number of rotatable bonds is 6. The fraction of sp³-hybridized carbons (Fsp3) is 0.524. The third-order valence-electron chi connectivity index (χ3n) is 5.61. The monoisotopic (exact) mass is 418 g/mol. The summed E-state index contributed by atoms with van der Waals surface area (Å²) in [6.07, 6.45) is 2.83. The molecule has 1 saturated heterocycles. The van der Waals surface area contributed by atoms with E-state index in [9.17, 15) is 13.2 Å². The Morgan fingerprint density at radius 1 is 1.10 bits per heavy atom. The molecule has 8 heteroatoms. The molecule has 0 aliphatic carbocycles. The number of hydrogen-bond donors (Lipinski definition) is 0. The van der Waals surface area contributed by atoms with Crippen molar-refractivity contribution in [3.63, 3.8) is 0 Å². The lowest BCUT2D eigenvalue weighted by Gasteiger charge is -2.26. The van der Waals surface area contributed by atoms with Crippen molar-refractivity contribution in [2.24, 2.45) is 0 Å². The topological polar surface area (TPSA) is 75.5 Å². The summed E-state index contributed by atoms with van der Waals surface area (Å²) in [7, 11) is -1.83. The lowest BCUT2D eigenvalue weighted by atomic mass is 10.1. The van der Waals surface area contributed by atoms with Gasteiger partial charge in [-0.3, -0.25) is 9.48 Å². The number of aromatic nitrogens is 2. The molecule has 1 amide bonds. The van der Waals surface area contributed by atoms with Gasteiger partial charge in [0.2, 0.25) is 15.9 Å². The Labute approximate surface area is 173 Å². The molecule has 1 aromatic carbocycles. The van der Waals surface area contributed by atoms with E-state index in [0.29, 0.717) is 31.0 Å². The van der Waals surface area contributed by atoms with Crippen LogP contribution in [0.4, 0.5) is 0 Å². The SMILES string of the molecule is Cc1ccccc1CN(C)C(=O)Cn1nc(C)c(S(=O)(=O)N2CCCCC2)c1C. The number of nitrogens with zero attached hydrogens (tertiary/aromatic N) is 4. The molecule has 0 unspecified atom stereocenters. The van der Waals surface area contributed by atoms with E-state index in [1.807, 2.05) is 31.2 Å². The molecule has 1 fully saturated rings. The van der Waals surface area contributed by atoms with Crippen molar-refractivity contribution < 1.29 is 13.2 Å². The first kappa shape index (κ1) is 21.5. The highest BCUT2D eigenvalue weighted by molar-refractivity contribution is 7.89. The Balaban J connectivity index is 1.77. The maximum absolute atomic E-state index is 13.1. The fourth-order valence-corrected chi connectivity index (χ4v) is 5.71. The van der Waals surface area contributed by atoms with Crippen LogP contribution >= 0.6 is 0 Å². The molecular formula is C21H30N4O3S. The van der Waals surface area contributed by atoms with E-state index in [2.05, 4.69) is 5.10 Å². The summed E-state index contributed by atoms with van der Waals surface area (Å²) in [5.41, 5.74) is 3.19. The van der Waals surface area contributed by atoms with E-state index in [0.717, 1.165) is 30.4 Å². The van der Waals surface area contributed by atoms with Gasteiger partial charge in [-0.05, 0) is 44.7 Å². The van der Waals surface area contributed by atoms with E-state index >= 15 is 0 Å². The van der Waals surface area contributed by atoms with Gasteiger partial charge in [0.25, 0.3) is 0 Å². The third-order valence-corrected chi connectivity index (χ3v) is 7.76. The number of carbonyl (C=O) groups excluding carboxylic acids is 1. The Kier molecular flexibility index (Phi) is 6.43. The predicted octanol–water partition coefficient (Wildman–Crippen LogP) is 2.64. The van der Waals surface area contributed by atoms with Gasteiger partial charge in [-0.1, -0.05) is 30.7 Å². The zero-order valence-corrected chi connectivity index (χ0v) is 18.5. The van der Waals surface area contributed by atoms with Crippen LogP contribution in [-0.4, -0.2) is 53.4 Å². The molecule has 2 aromatic rings. The minimum atomic E-state index is -3.59. The van der Waals surface area contributed by atoms with Crippen LogP contribution in [0.25, 0.3) is 0 Å². The molecule has 1 aliphatic heterocycles. The highest BCUT2D eigenvalue weighted by atomic mass is 32.2. The second-order valence-corrected chi connectivity index (χ2v) is 9.67. The number of sulfonamides is 1. The smallest absolute Gasteiger partial charge is 0.246 e. The van der Waals surface area contributed by atoms with E-state index in [-0.39, 0.29) is 17.3 Å². The summed E-state index contributed by atoms with van der Waals surface area (Å²) in [5.74, 6) is -0.110. The number of hydrogen-bond acceptors (Lipinski definition) is 4. The second kappa shape index (κ2) is 8.67. The van der Waals surface area contributed by atoms with Crippen LogP contribution in [0, 0.1) is 20.8 Å². The molecule has 0 radical (unpaired) electrons. The first-order chi connectivity index (χ1) is 13.7. The minimum Gasteiger partial charge on any atom is -0.340 e. The van der Waals surface area contributed by atoms with Crippen LogP contribution in [0.3, 0.4) is 0 Å². The van der Waals surface area contributed by atoms with Crippen molar-refractivity contribution in [2.45, 2.75) is 58.0 Å². The summed E-state index contributed by atoms with van der Waals surface area (Å²) >= 11 is 0. The molecule has 1 aliphatic rings. The summed E-state index contributed by atoms with van der Waals surface area (Å²) in [6, 6.07) is 7.96. The van der Waals surface area contributed by atoms with Gasteiger partial charge >= 0.3 is 0 Å². The van der Waals surface area contributed by atoms with Gasteiger partial charge in [-0.25, -0.2) is 8.42 Å². The highest BCUT2D eigenvalue weighted by Gasteiger charge is 2.32. The van der Waals surface area contributed by atoms with Gasteiger partial charge in [0, 0.05) is 26.7 Å². The molecular weight excluding hydrogens is 388 g/mol. The second-order valence-electron chi connectivity index (χ2n) is 7.80.